The van der Waals surface area contributed by atoms with E-state index in [2.05, 4.69) is 0 Å². The molecule has 0 aliphatic carbocycles. The smallest absolute Gasteiger partial charge is 0.370 e. The Morgan fingerprint density at radius 1 is 1.62 bits per heavy atom. The molecular formula is C8H6BFNO2-. The van der Waals surface area contributed by atoms with Gasteiger partial charge in [-0.3, -0.25) is 0 Å². The SMILES string of the molecule is N#C[B-]1(O)OCc2cc(F)ccc21. The average Bonchev–Trinajstić information content (AvgIpc) is 2.45. The average molecular weight is 178 g/mol. The van der Waals surface area contributed by atoms with Crippen LogP contribution in [0.15, 0.2) is 18.2 Å². The van der Waals surface area contributed by atoms with Crippen LogP contribution < -0.4 is 5.46 Å². The van der Waals surface area contributed by atoms with Crippen molar-refractivity contribution < 1.29 is 14.1 Å². The molecular weight excluding hydrogens is 172 g/mol. The predicted molar refractivity (Wildman–Crippen MR) is 44.4 cm³/mol. The standard InChI is InChI=1S/C8H6BFNO2/c10-7-1-2-8-6(3-7)4-13-9(8,12)5-11/h1-3,12H,4H2/q-1. The summed E-state index contributed by atoms with van der Waals surface area (Å²) < 4.78 is 17.6. The summed E-state index contributed by atoms with van der Waals surface area (Å²) in [6, 6.07) is 3.87. The fourth-order valence-electron chi connectivity index (χ4n) is 1.49. The zero-order chi connectivity index (χ0) is 9.47. The summed E-state index contributed by atoms with van der Waals surface area (Å²) in [4.78, 5) is 0. The second kappa shape index (κ2) is 2.56. The summed E-state index contributed by atoms with van der Waals surface area (Å²) in [5, 5.41) is 18.3. The number of halogens is 1. The Balaban J connectivity index is 2.57. The summed E-state index contributed by atoms with van der Waals surface area (Å²) in [6.07, 6.45) is 0. The van der Waals surface area contributed by atoms with E-state index in [0.29, 0.717) is 11.0 Å². The molecule has 1 aliphatic heterocycles. The second-order valence-electron chi connectivity index (χ2n) is 3.03. The first-order valence-corrected chi connectivity index (χ1v) is 3.86. The Hall–Kier alpha value is -1.38. The van der Waals surface area contributed by atoms with Crippen LogP contribution in [0.2, 0.25) is 0 Å². The van der Waals surface area contributed by atoms with Gasteiger partial charge < -0.3 is 9.68 Å². The molecule has 13 heavy (non-hydrogen) atoms. The van der Waals surface area contributed by atoms with Gasteiger partial charge in [-0.05, 0) is 12.1 Å². The third-order valence-electron chi connectivity index (χ3n) is 2.18. The van der Waals surface area contributed by atoms with Gasteiger partial charge in [-0.1, -0.05) is 17.6 Å². The molecule has 1 aliphatic rings. The molecule has 0 aromatic heterocycles. The normalized spacial score (nSPS) is 25.3. The minimum absolute atomic E-state index is 0.0944. The highest BCUT2D eigenvalue weighted by Crippen LogP contribution is 2.17. The number of nitriles is 1. The summed E-state index contributed by atoms with van der Waals surface area (Å²) in [5.41, 5.74) is 0.938. The molecule has 0 spiro atoms. The van der Waals surface area contributed by atoms with Crippen molar-refractivity contribution in [2.75, 3.05) is 0 Å². The number of nitrogens with zero attached hydrogens (tertiary/aromatic N) is 1. The Morgan fingerprint density at radius 2 is 2.38 bits per heavy atom. The number of fused-ring (bicyclic) bond motifs is 1. The maximum absolute atomic E-state index is 12.7. The molecule has 0 bridgehead atoms. The zero-order valence-corrected chi connectivity index (χ0v) is 6.70. The van der Waals surface area contributed by atoms with Crippen molar-refractivity contribution in [3.8, 4) is 5.97 Å². The van der Waals surface area contributed by atoms with Crippen LogP contribution in [0.5, 0.6) is 0 Å². The summed E-state index contributed by atoms with van der Waals surface area (Å²) in [6.45, 7) is -2.46. The van der Waals surface area contributed by atoms with E-state index in [-0.39, 0.29) is 12.4 Å². The lowest BCUT2D eigenvalue weighted by atomic mass is 9.54. The summed E-state index contributed by atoms with van der Waals surface area (Å²) in [5.74, 6) is 1.30. The highest BCUT2D eigenvalue weighted by Gasteiger charge is 2.33. The molecule has 1 N–H and O–H groups in total. The van der Waals surface area contributed by atoms with E-state index in [1.54, 1.807) is 5.97 Å². The molecule has 1 atom stereocenters. The fourth-order valence-corrected chi connectivity index (χ4v) is 1.49. The maximum atomic E-state index is 12.7. The summed E-state index contributed by atoms with van der Waals surface area (Å²) in [7, 11) is 0. The van der Waals surface area contributed by atoms with Gasteiger partial charge in [-0.2, -0.15) is 0 Å². The van der Waals surface area contributed by atoms with Crippen LogP contribution in [0.3, 0.4) is 0 Å². The van der Waals surface area contributed by atoms with E-state index >= 15 is 0 Å². The first-order chi connectivity index (χ1) is 6.15. The molecule has 5 heteroatoms. The minimum Gasteiger partial charge on any atom is -0.568 e. The molecule has 0 radical (unpaired) electrons. The van der Waals surface area contributed by atoms with Crippen LogP contribution in [0.4, 0.5) is 4.39 Å². The Labute approximate surface area is 74.3 Å². The van der Waals surface area contributed by atoms with Gasteiger partial charge in [0.05, 0.1) is 0 Å². The number of hydrogen-bond donors (Lipinski definition) is 1. The van der Waals surface area contributed by atoms with Crippen LogP contribution in [0.25, 0.3) is 0 Å². The number of hydrogen-bond acceptors (Lipinski definition) is 3. The van der Waals surface area contributed by atoms with Crippen LogP contribution in [-0.4, -0.2) is 11.6 Å². The van der Waals surface area contributed by atoms with Gasteiger partial charge in [-0.15, -0.1) is 5.46 Å². The van der Waals surface area contributed by atoms with Crippen molar-refractivity contribution in [3.63, 3.8) is 0 Å². The Morgan fingerprint density at radius 3 is 3.08 bits per heavy atom. The van der Waals surface area contributed by atoms with Crippen LogP contribution in [0.1, 0.15) is 5.56 Å². The Kier molecular flexibility index (Phi) is 1.62. The monoisotopic (exact) mass is 178 g/mol. The van der Waals surface area contributed by atoms with Crippen LogP contribution >= 0.6 is 0 Å². The van der Waals surface area contributed by atoms with Crippen molar-refractivity contribution in [2.24, 2.45) is 0 Å². The van der Waals surface area contributed by atoms with Crippen molar-refractivity contribution in [1.29, 1.82) is 5.26 Å². The lowest BCUT2D eigenvalue weighted by Gasteiger charge is -2.20. The van der Waals surface area contributed by atoms with E-state index in [1.807, 2.05) is 0 Å². The molecule has 0 amide bonds. The lowest BCUT2D eigenvalue weighted by molar-refractivity contribution is 0.260. The molecule has 2 rings (SSSR count). The van der Waals surface area contributed by atoms with Gasteiger partial charge in [0, 0.05) is 6.61 Å². The van der Waals surface area contributed by atoms with E-state index in [1.165, 1.54) is 18.2 Å². The predicted octanol–water partition coefficient (Wildman–Crippen LogP) is 0.0602. The van der Waals surface area contributed by atoms with Crippen molar-refractivity contribution in [1.82, 2.24) is 0 Å². The van der Waals surface area contributed by atoms with Crippen molar-refractivity contribution in [2.45, 2.75) is 6.61 Å². The first-order valence-electron chi connectivity index (χ1n) is 3.86. The van der Waals surface area contributed by atoms with Gasteiger partial charge in [0.1, 0.15) is 5.82 Å². The van der Waals surface area contributed by atoms with Gasteiger partial charge in [0.2, 0.25) is 0 Å². The highest BCUT2D eigenvalue weighted by molar-refractivity contribution is 6.87. The largest absolute Gasteiger partial charge is 0.568 e. The molecule has 1 heterocycles. The second-order valence-corrected chi connectivity index (χ2v) is 3.03. The lowest BCUT2D eigenvalue weighted by Crippen LogP contribution is -2.46. The zero-order valence-electron chi connectivity index (χ0n) is 6.70. The van der Waals surface area contributed by atoms with E-state index < -0.39 is 6.55 Å². The topological polar surface area (TPSA) is 53.2 Å². The minimum atomic E-state index is -2.56. The highest BCUT2D eigenvalue weighted by atomic mass is 19.1. The van der Waals surface area contributed by atoms with Gasteiger partial charge in [-0.25, -0.2) is 9.65 Å². The molecule has 0 fully saturated rings. The quantitative estimate of drug-likeness (QED) is 0.571. The molecule has 1 aromatic rings. The maximum Gasteiger partial charge on any atom is 0.370 e. The summed E-state index contributed by atoms with van der Waals surface area (Å²) >= 11 is 0. The van der Waals surface area contributed by atoms with Crippen LogP contribution in [0, 0.1) is 17.0 Å². The third-order valence-corrected chi connectivity index (χ3v) is 2.18. The fraction of sp³-hybridized carbons (Fsp3) is 0.125. The van der Waals surface area contributed by atoms with E-state index in [9.17, 15) is 9.41 Å². The van der Waals surface area contributed by atoms with Gasteiger partial charge >= 0.3 is 6.55 Å². The third kappa shape index (κ3) is 1.11. The molecule has 1 aromatic carbocycles. The van der Waals surface area contributed by atoms with Crippen molar-refractivity contribution >= 4 is 12.0 Å². The molecule has 0 saturated heterocycles. The number of benzene rings is 1. The molecule has 0 saturated carbocycles. The molecule has 1 unspecified atom stereocenters. The van der Waals surface area contributed by atoms with Gasteiger partial charge in [0.25, 0.3) is 0 Å². The number of rotatable bonds is 0. The molecule has 66 valence electrons. The van der Waals surface area contributed by atoms with E-state index in [0.717, 1.165) is 0 Å². The molecule has 3 nitrogen and oxygen atoms in total. The van der Waals surface area contributed by atoms with E-state index in [4.69, 9.17) is 9.92 Å². The first kappa shape index (κ1) is 8.23. The van der Waals surface area contributed by atoms with Crippen molar-refractivity contribution in [3.05, 3.63) is 29.6 Å². The van der Waals surface area contributed by atoms with Crippen LogP contribution in [-0.2, 0) is 11.3 Å². The van der Waals surface area contributed by atoms with Gasteiger partial charge in [0.15, 0.2) is 0 Å². The Bertz CT molecular complexity index is 404.